The molecule has 0 fully saturated rings. The fourth-order valence-corrected chi connectivity index (χ4v) is 2.54. The van der Waals surface area contributed by atoms with Gasteiger partial charge in [0.2, 0.25) is 0 Å². The van der Waals surface area contributed by atoms with E-state index in [1.165, 1.54) is 0 Å². The van der Waals surface area contributed by atoms with Crippen LogP contribution in [0.15, 0.2) is 65.6 Å². The van der Waals surface area contributed by atoms with Crippen molar-refractivity contribution < 1.29 is 9.90 Å². The Bertz CT molecular complexity index is 816. The number of nitrogens with one attached hydrogen (secondary N) is 1. The van der Waals surface area contributed by atoms with E-state index in [2.05, 4.69) is 17.9 Å². The van der Waals surface area contributed by atoms with Crippen molar-refractivity contribution >= 4 is 35.0 Å². The van der Waals surface area contributed by atoms with Crippen LogP contribution in [0.4, 0.5) is 5.69 Å². The van der Waals surface area contributed by atoms with Crippen LogP contribution in [-0.2, 0) is 0 Å². The zero-order chi connectivity index (χ0) is 14.8. The summed E-state index contributed by atoms with van der Waals surface area (Å²) in [6.07, 6.45) is 0. The fourth-order valence-electron chi connectivity index (χ4n) is 2.22. The number of benzene rings is 3. The van der Waals surface area contributed by atoms with Gasteiger partial charge in [-0.05, 0) is 23.6 Å². The van der Waals surface area contributed by atoms with Crippen molar-refractivity contribution in [2.75, 3.05) is 5.32 Å². The Hall–Kier alpha value is -2.46. The average molecular weight is 295 g/mol. The summed E-state index contributed by atoms with van der Waals surface area (Å²) in [7, 11) is 0. The number of carbonyl (C=O) groups excluding carboxylic acids is 1. The molecule has 0 saturated heterocycles. The van der Waals surface area contributed by atoms with Crippen molar-refractivity contribution in [3.05, 3.63) is 66.2 Å². The summed E-state index contributed by atoms with van der Waals surface area (Å²) in [4.78, 5) is 12.9. The molecule has 0 spiro atoms. The molecule has 0 unspecified atom stereocenters. The van der Waals surface area contributed by atoms with Crippen molar-refractivity contribution in [2.24, 2.45) is 0 Å². The van der Waals surface area contributed by atoms with Crippen LogP contribution in [0.1, 0.15) is 10.4 Å². The molecule has 0 aliphatic carbocycles. The molecule has 4 heteroatoms. The zero-order valence-electron chi connectivity index (χ0n) is 11.1. The van der Waals surface area contributed by atoms with Crippen LogP contribution < -0.4 is 5.32 Å². The smallest absolute Gasteiger partial charge is 0.255 e. The first-order valence-electron chi connectivity index (χ1n) is 6.47. The van der Waals surface area contributed by atoms with Gasteiger partial charge in [-0.2, -0.15) is 0 Å². The Labute approximate surface area is 127 Å². The first-order valence-corrected chi connectivity index (χ1v) is 6.91. The van der Waals surface area contributed by atoms with E-state index in [0.29, 0.717) is 21.5 Å². The lowest BCUT2D eigenvalue weighted by atomic mass is 10.1. The maximum Gasteiger partial charge on any atom is 0.255 e. The molecule has 0 aliphatic heterocycles. The van der Waals surface area contributed by atoms with Gasteiger partial charge < -0.3 is 10.4 Å². The standard InChI is InChI=1S/C17H13NO2S/c19-16-13-9-5-4-8-12(13)15(21)10-14(16)18-17(20)11-6-2-1-3-7-11/h1-10,19,21H,(H,18,20). The van der Waals surface area contributed by atoms with Gasteiger partial charge in [0.25, 0.3) is 5.91 Å². The zero-order valence-corrected chi connectivity index (χ0v) is 12.0. The van der Waals surface area contributed by atoms with E-state index in [0.717, 1.165) is 5.39 Å². The second-order valence-electron chi connectivity index (χ2n) is 4.66. The highest BCUT2D eigenvalue weighted by Gasteiger charge is 2.12. The Kier molecular flexibility index (Phi) is 3.54. The molecular formula is C17H13NO2S. The molecule has 3 nitrogen and oxygen atoms in total. The number of phenolic OH excluding ortho intramolecular Hbond substituents is 1. The minimum atomic E-state index is -0.270. The molecule has 0 bridgehead atoms. The number of amides is 1. The average Bonchev–Trinajstić information content (AvgIpc) is 2.53. The molecule has 3 aromatic rings. The summed E-state index contributed by atoms with van der Waals surface area (Å²) in [5.41, 5.74) is 0.887. The third kappa shape index (κ3) is 2.58. The number of phenols is 1. The van der Waals surface area contributed by atoms with Crippen LogP contribution in [-0.4, -0.2) is 11.0 Å². The molecule has 0 saturated carbocycles. The van der Waals surface area contributed by atoms with Gasteiger partial charge in [0.05, 0.1) is 5.69 Å². The molecule has 1 amide bonds. The van der Waals surface area contributed by atoms with Crippen molar-refractivity contribution in [1.82, 2.24) is 0 Å². The number of rotatable bonds is 2. The fraction of sp³-hybridized carbons (Fsp3) is 0. The third-order valence-corrected chi connectivity index (χ3v) is 3.65. The Morgan fingerprint density at radius 3 is 2.29 bits per heavy atom. The third-order valence-electron chi connectivity index (χ3n) is 3.28. The summed E-state index contributed by atoms with van der Waals surface area (Å²) in [5.74, 6) is -0.221. The summed E-state index contributed by atoms with van der Waals surface area (Å²) in [5, 5.41) is 14.5. The van der Waals surface area contributed by atoms with Crippen molar-refractivity contribution in [3.63, 3.8) is 0 Å². The second-order valence-corrected chi connectivity index (χ2v) is 5.14. The topological polar surface area (TPSA) is 49.3 Å². The molecule has 3 aromatic carbocycles. The van der Waals surface area contributed by atoms with Crippen LogP contribution in [0.25, 0.3) is 10.8 Å². The monoisotopic (exact) mass is 295 g/mol. The highest BCUT2D eigenvalue weighted by molar-refractivity contribution is 7.80. The lowest BCUT2D eigenvalue weighted by molar-refractivity contribution is 0.102. The van der Waals surface area contributed by atoms with E-state index in [9.17, 15) is 9.90 Å². The van der Waals surface area contributed by atoms with E-state index < -0.39 is 0 Å². The molecule has 0 aliphatic rings. The predicted molar refractivity (Wildman–Crippen MR) is 87.3 cm³/mol. The quantitative estimate of drug-likeness (QED) is 0.493. The van der Waals surface area contributed by atoms with Gasteiger partial charge in [-0.1, -0.05) is 42.5 Å². The summed E-state index contributed by atoms with van der Waals surface area (Å²) < 4.78 is 0. The van der Waals surface area contributed by atoms with Gasteiger partial charge in [-0.15, -0.1) is 12.6 Å². The van der Waals surface area contributed by atoms with Crippen LogP contribution in [0.2, 0.25) is 0 Å². The molecule has 104 valence electrons. The van der Waals surface area contributed by atoms with Gasteiger partial charge in [0, 0.05) is 15.8 Å². The SMILES string of the molecule is O=C(Nc1cc(S)c2ccccc2c1O)c1ccccc1. The molecule has 2 N–H and O–H groups in total. The predicted octanol–water partition coefficient (Wildman–Crippen LogP) is 4.09. The van der Waals surface area contributed by atoms with Crippen molar-refractivity contribution in [3.8, 4) is 5.75 Å². The van der Waals surface area contributed by atoms with Crippen molar-refractivity contribution in [2.45, 2.75) is 4.90 Å². The van der Waals surface area contributed by atoms with E-state index in [1.807, 2.05) is 24.3 Å². The molecule has 0 radical (unpaired) electrons. The Balaban J connectivity index is 2.02. The highest BCUT2D eigenvalue weighted by atomic mass is 32.1. The van der Waals surface area contributed by atoms with Crippen LogP contribution >= 0.6 is 12.6 Å². The van der Waals surface area contributed by atoms with Gasteiger partial charge in [0.15, 0.2) is 0 Å². The van der Waals surface area contributed by atoms with Gasteiger partial charge >= 0.3 is 0 Å². The van der Waals surface area contributed by atoms with E-state index in [1.54, 1.807) is 36.4 Å². The first kappa shape index (κ1) is 13.5. The number of anilines is 1. The van der Waals surface area contributed by atoms with E-state index in [4.69, 9.17) is 0 Å². The lowest BCUT2D eigenvalue weighted by Crippen LogP contribution is -2.11. The van der Waals surface area contributed by atoms with Crippen LogP contribution in [0.5, 0.6) is 5.75 Å². The lowest BCUT2D eigenvalue weighted by Gasteiger charge is -2.11. The number of fused-ring (bicyclic) bond motifs is 1. The number of aromatic hydroxyl groups is 1. The summed E-state index contributed by atoms with van der Waals surface area (Å²) >= 11 is 4.41. The Morgan fingerprint density at radius 2 is 1.57 bits per heavy atom. The van der Waals surface area contributed by atoms with Crippen LogP contribution in [0, 0.1) is 0 Å². The molecule has 0 aromatic heterocycles. The minimum absolute atomic E-state index is 0.0488. The van der Waals surface area contributed by atoms with Crippen LogP contribution in [0.3, 0.4) is 0 Å². The molecular weight excluding hydrogens is 282 g/mol. The maximum atomic E-state index is 12.2. The summed E-state index contributed by atoms with van der Waals surface area (Å²) in [6, 6.07) is 17.9. The number of hydrogen-bond acceptors (Lipinski definition) is 3. The normalized spacial score (nSPS) is 10.5. The minimum Gasteiger partial charge on any atom is -0.505 e. The maximum absolute atomic E-state index is 12.2. The highest BCUT2D eigenvalue weighted by Crippen LogP contribution is 2.36. The molecule has 3 rings (SSSR count). The largest absolute Gasteiger partial charge is 0.505 e. The Morgan fingerprint density at radius 1 is 0.952 bits per heavy atom. The first-order chi connectivity index (χ1) is 10.2. The number of carbonyl (C=O) groups is 1. The van der Waals surface area contributed by atoms with E-state index >= 15 is 0 Å². The van der Waals surface area contributed by atoms with Gasteiger partial charge in [0.1, 0.15) is 5.75 Å². The molecule has 0 atom stereocenters. The summed E-state index contributed by atoms with van der Waals surface area (Å²) in [6.45, 7) is 0. The second kappa shape index (κ2) is 5.50. The van der Waals surface area contributed by atoms with Gasteiger partial charge in [-0.25, -0.2) is 0 Å². The van der Waals surface area contributed by atoms with Crippen molar-refractivity contribution in [1.29, 1.82) is 0 Å². The molecule has 0 heterocycles. The van der Waals surface area contributed by atoms with Gasteiger partial charge in [-0.3, -0.25) is 4.79 Å². The number of hydrogen-bond donors (Lipinski definition) is 3. The number of thiol groups is 1. The molecule has 21 heavy (non-hydrogen) atoms. The van der Waals surface area contributed by atoms with E-state index in [-0.39, 0.29) is 11.7 Å².